The molecule has 10 aromatic rings. The number of benzene rings is 7. The Balaban J connectivity index is 1.29. The molecule has 3 heterocycles. The standard InChI is InChI=1S/C45H29N3/c1-4-14-30(15-5-1)32-24-33(31-16-6-2-7-17-31)26-36(25-32)48-42-23-13-11-21-38(42)45-44(48)28-34-27-39-37-20-10-12-22-41(37)47(35-18-8-3-9-19-35)43(39)29-40(34)46-45/h1-29H. The van der Waals surface area contributed by atoms with E-state index in [0.29, 0.717) is 0 Å². The van der Waals surface area contributed by atoms with Crippen LogP contribution in [0.3, 0.4) is 0 Å². The quantitative estimate of drug-likeness (QED) is 0.194. The molecule has 0 aliphatic carbocycles. The van der Waals surface area contributed by atoms with Crippen LogP contribution in [-0.2, 0) is 0 Å². The number of rotatable bonds is 4. The third-order valence-electron chi connectivity index (χ3n) is 9.63. The maximum Gasteiger partial charge on any atom is 0.0971 e. The lowest BCUT2D eigenvalue weighted by molar-refractivity contribution is 1.18. The van der Waals surface area contributed by atoms with Gasteiger partial charge in [-0.1, -0.05) is 115 Å². The minimum Gasteiger partial charge on any atom is -0.309 e. The number of fused-ring (bicyclic) bond motifs is 7. The molecule has 0 bridgehead atoms. The third-order valence-corrected chi connectivity index (χ3v) is 9.63. The van der Waals surface area contributed by atoms with Crippen LogP contribution in [0.1, 0.15) is 0 Å². The summed E-state index contributed by atoms with van der Waals surface area (Å²) in [4.78, 5) is 5.43. The number of nitrogens with zero attached hydrogens (tertiary/aromatic N) is 3. The summed E-state index contributed by atoms with van der Waals surface area (Å²) in [5, 5.41) is 4.73. The minimum atomic E-state index is 0.987. The molecule has 3 nitrogen and oxygen atoms in total. The molecule has 0 fully saturated rings. The smallest absolute Gasteiger partial charge is 0.0971 e. The van der Waals surface area contributed by atoms with Crippen LogP contribution >= 0.6 is 0 Å². The van der Waals surface area contributed by atoms with Crippen molar-refractivity contribution in [1.82, 2.24) is 14.1 Å². The van der Waals surface area contributed by atoms with Gasteiger partial charge in [0, 0.05) is 32.9 Å². The van der Waals surface area contributed by atoms with Crippen LogP contribution in [-0.4, -0.2) is 14.1 Å². The average molecular weight is 612 g/mol. The zero-order chi connectivity index (χ0) is 31.6. The molecule has 0 atom stereocenters. The van der Waals surface area contributed by atoms with E-state index in [2.05, 4.69) is 185 Å². The maximum absolute atomic E-state index is 5.43. The molecule has 0 amide bonds. The number of hydrogen-bond acceptors (Lipinski definition) is 1. The normalized spacial score (nSPS) is 11.8. The molecular formula is C45H29N3. The van der Waals surface area contributed by atoms with Gasteiger partial charge in [-0.3, -0.25) is 0 Å². The summed E-state index contributed by atoms with van der Waals surface area (Å²) in [5.41, 5.74) is 13.6. The van der Waals surface area contributed by atoms with Crippen LogP contribution in [0.2, 0.25) is 0 Å². The number of hydrogen-bond donors (Lipinski definition) is 0. The molecule has 0 spiro atoms. The fourth-order valence-corrected chi connectivity index (χ4v) is 7.46. The molecule has 224 valence electrons. The summed E-state index contributed by atoms with van der Waals surface area (Å²) in [6, 6.07) is 63.1. The maximum atomic E-state index is 5.43. The highest BCUT2D eigenvalue weighted by molar-refractivity contribution is 6.16. The van der Waals surface area contributed by atoms with E-state index in [9.17, 15) is 0 Å². The highest BCUT2D eigenvalue weighted by atomic mass is 15.0. The van der Waals surface area contributed by atoms with Crippen molar-refractivity contribution in [2.75, 3.05) is 0 Å². The lowest BCUT2D eigenvalue weighted by Gasteiger charge is -2.14. The topological polar surface area (TPSA) is 22.8 Å². The van der Waals surface area contributed by atoms with Crippen LogP contribution in [0.15, 0.2) is 176 Å². The Morgan fingerprint density at radius 2 is 0.875 bits per heavy atom. The van der Waals surface area contributed by atoms with E-state index in [1.807, 2.05) is 0 Å². The first-order valence-electron chi connectivity index (χ1n) is 16.4. The minimum absolute atomic E-state index is 0.987. The predicted molar refractivity (Wildman–Crippen MR) is 201 cm³/mol. The van der Waals surface area contributed by atoms with Crippen molar-refractivity contribution in [2.24, 2.45) is 0 Å². The Morgan fingerprint density at radius 1 is 0.333 bits per heavy atom. The largest absolute Gasteiger partial charge is 0.309 e. The SMILES string of the molecule is c1ccc(-c2cc(-c3ccccc3)cc(-n3c4ccccc4c4nc5cc6c(cc5cc43)c3ccccc3n6-c3ccccc3)c2)cc1. The van der Waals surface area contributed by atoms with Crippen molar-refractivity contribution in [2.45, 2.75) is 0 Å². The van der Waals surface area contributed by atoms with Gasteiger partial charge in [0.2, 0.25) is 0 Å². The fourth-order valence-electron chi connectivity index (χ4n) is 7.46. The van der Waals surface area contributed by atoms with Gasteiger partial charge in [-0.15, -0.1) is 0 Å². The molecule has 10 rings (SSSR count). The van der Waals surface area contributed by atoms with Gasteiger partial charge in [0.05, 0.1) is 33.1 Å². The van der Waals surface area contributed by atoms with E-state index in [4.69, 9.17) is 4.98 Å². The van der Waals surface area contributed by atoms with E-state index < -0.39 is 0 Å². The fraction of sp³-hybridized carbons (Fsp3) is 0. The average Bonchev–Trinajstić information content (AvgIpc) is 3.65. The predicted octanol–water partition coefficient (Wildman–Crippen LogP) is 11.8. The number of aromatic nitrogens is 3. The van der Waals surface area contributed by atoms with Crippen LogP contribution in [0.5, 0.6) is 0 Å². The molecule has 3 aromatic heterocycles. The van der Waals surface area contributed by atoms with Crippen LogP contribution < -0.4 is 0 Å². The summed E-state index contributed by atoms with van der Waals surface area (Å²) in [5.74, 6) is 0. The molecule has 0 N–H and O–H groups in total. The van der Waals surface area contributed by atoms with Gasteiger partial charge in [0.1, 0.15) is 0 Å². The molecule has 0 aliphatic rings. The molecule has 0 unspecified atom stereocenters. The zero-order valence-electron chi connectivity index (χ0n) is 26.1. The highest BCUT2D eigenvalue weighted by Gasteiger charge is 2.18. The summed E-state index contributed by atoms with van der Waals surface area (Å²) in [6.45, 7) is 0. The van der Waals surface area contributed by atoms with E-state index >= 15 is 0 Å². The van der Waals surface area contributed by atoms with Crippen LogP contribution in [0, 0.1) is 0 Å². The van der Waals surface area contributed by atoms with Gasteiger partial charge in [0.25, 0.3) is 0 Å². The van der Waals surface area contributed by atoms with Crippen molar-refractivity contribution in [3.63, 3.8) is 0 Å². The van der Waals surface area contributed by atoms with Gasteiger partial charge in [0.15, 0.2) is 0 Å². The van der Waals surface area contributed by atoms with Crippen LogP contribution in [0.25, 0.3) is 88.3 Å². The van der Waals surface area contributed by atoms with Gasteiger partial charge >= 0.3 is 0 Å². The molecule has 3 heteroatoms. The van der Waals surface area contributed by atoms with Gasteiger partial charge < -0.3 is 9.13 Å². The van der Waals surface area contributed by atoms with Crippen molar-refractivity contribution in [1.29, 1.82) is 0 Å². The summed E-state index contributed by atoms with van der Waals surface area (Å²) in [6.07, 6.45) is 0. The molecule has 7 aromatic carbocycles. The zero-order valence-corrected chi connectivity index (χ0v) is 26.1. The van der Waals surface area contributed by atoms with E-state index in [0.717, 1.165) is 49.7 Å². The van der Waals surface area contributed by atoms with Crippen molar-refractivity contribution in [3.8, 4) is 33.6 Å². The second kappa shape index (κ2) is 10.5. The molecule has 48 heavy (non-hydrogen) atoms. The second-order valence-corrected chi connectivity index (χ2v) is 12.5. The van der Waals surface area contributed by atoms with E-state index in [1.54, 1.807) is 0 Å². The van der Waals surface area contributed by atoms with Crippen molar-refractivity contribution in [3.05, 3.63) is 176 Å². The van der Waals surface area contributed by atoms with Gasteiger partial charge in [-0.2, -0.15) is 0 Å². The van der Waals surface area contributed by atoms with E-state index in [-0.39, 0.29) is 0 Å². The van der Waals surface area contributed by atoms with Crippen molar-refractivity contribution < 1.29 is 0 Å². The Morgan fingerprint density at radius 3 is 1.54 bits per heavy atom. The third kappa shape index (κ3) is 4.11. The first-order chi connectivity index (χ1) is 23.8. The van der Waals surface area contributed by atoms with Crippen LogP contribution in [0.4, 0.5) is 0 Å². The number of para-hydroxylation sites is 3. The lowest BCUT2D eigenvalue weighted by Crippen LogP contribution is -1.96. The Hall–Kier alpha value is -6.45. The second-order valence-electron chi connectivity index (χ2n) is 12.5. The molecule has 0 saturated heterocycles. The van der Waals surface area contributed by atoms with Crippen molar-refractivity contribution >= 4 is 54.6 Å². The summed E-state index contributed by atoms with van der Waals surface area (Å²) >= 11 is 0. The molecule has 0 aliphatic heterocycles. The Labute approximate surface area is 277 Å². The van der Waals surface area contributed by atoms with E-state index in [1.165, 1.54) is 38.5 Å². The monoisotopic (exact) mass is 611 g/mol. The molecule has 0 radical (unpaired) electrons. The number of pyridine rings is 1. The lowest BCUT2D eigenvalue weighted by atomic mass is 9.98. The highest BCUT2D eigenvalue weighted by Crippen LogP contribution is 2.39. The summed E-state index contributed by atoms with van der Waals surface area (Å²) < 4.78 is 4.76. The first kappa shape index (κ1) is 26.7. The molecule has 0 saturated carbocycles. The Kier molecular flexibility index (Phi) is 5.87. The van der Waals surface area contributed by atoms with Gasteiger partial charge in [-0.25, -0.2) is 4.98 Å². The Bertz CT molecular complexity index is 2750. The summed E-state index contributed by atoms with van der Waals surface area (Å²) in [7, 11) is 0. The molecular weight excluding hydrogens is 583 g/mol. The first-order valence-corrected chi connectivity index (χ1v) is 16.4. The van der Waals surface area contributed by atoms with Gasteiger partial charge in [-0.05, 0) is 82.9 Å².